The van der Waals surface area contributed by atoms with Gasteiger partial charge >= 0.3 is 0 Å². The van der Waals surface area contributed by atoms with Crippen molar-refractivity contribution in [3.63, 3.8) is 0 Å². The van der Waals surface area contributed by atoms with Crippen LogP contribution in [0.1, 0.15) is 33.1 Å². The van der Waals surface area contributed by atoms with Crippen molar-refractivity contribution in [2.45, 2.75) is 37.4 Å². The lowest BCUT2D eigenvalue weighted by molar-refractivity contribution is -0.120. The molecule has 0 heterocycles. The number of nitrogens with zero attached hydrogens (tertiary/aromatic N) is 1. The minimum atomic E-state index is -0.859. The second kappa shape index (κ2) is 6.89. The SMILES string of the molecule is CCCC(C(C#N)C(=O)Nc1ccc(Cl)cc1)C1(C)CC1(Cl)Cl. The maximum absolute atomic E-state index is 12.6. The van der Waals surface area contributed by atoms with Gasteiger partial charge in [0, 0.05) is 16.1 Å². The zero-order chi connectivity index (χ0) is 17.3. The Morgan fingerprint density at radius 2 is 1.96 bits per heavy atom. The third-order valence-corrected chi connectivity index (χ3v) is 6.04. The number of nitriles is 1. The molecule has 6 heteroatoms. The van der Waals surface area contributed by atoms with Gasteiger partial charge in [0.1, 0.15) is 10.3 Å². The number of amides is 1. The van der Waals surface area contributed by atoms with Gasteiger partial charge in [-0.25, -0.2) is 0 Å². The van der Waals surface area contributed by atoms with Crippen LogP contribution in [0.5, 0.6) is 0 Å². The summed E-state index contributed by atoms with van der Waals surface area (Å²) in [7, 11) is 0. The van der Waals surface area contributed by atoms with Gasteiger partial charge in [0.15, 0.2) is 0 Å². The van der Waals surface area contributed by atoms with Crippen LogP contribution in [-0.4, -0.2) is 10.2 Å². The molecule has 1 aliphatic carbocycles. The summed E-state index contributed by atoms with van der Waals surface area (Å²) in [6.45, 7) is 3.97. The van der Waals surface area contributed by atoms with Gasteiger partial charge in [-0.3, -0.25) is 4.79 Å². The van der Waals surface area contributed by atoms with E-state index in [0.717, 1.165) is 12.8 Å². The second-order valence-corrected chi connectivity index (χ2v) is 8.22. The molecule has 124 valence electrons. The first-order valence-electron chi connectivity index (χ1n) is 7.59. The van der Waals surface area contributed by atoms with E-state index in [4.69, 9.17) is 34.8 Å². The Labute approximate surface area is 151 Å². The lowest BCUT2D eigenvalue weighted by Gasteiger charge is -2.28. The smallest absolute Gasteiger partial charge is 0.242 e. The van der Waals surface area contributed by atoms with Crippen molar-refractivity contribution in [2.24, 2.45) is 17.3 Å². The Bertz CT molecular complexity index is 624. The number of benzene rings is 1. The first-order valence-corrected chi connectivity index (χ1v) is 8.72. The van der Waals surface area contributed by atoms with Gasteiger partial charge in [0.2, 0.25) is 5.91 Å². The maximum atomic E-state index is 12.6. The van der Waals surface area contributed by atoms with Crippen molar-refractivity contribution in [2.75, 3.05) is 5.32 Å². The topological polar surface area (TPSA) is 52.9 Å². The lowest BCUT2D eigenvalue weighted by atomic mass is 9.77. The molecule has 3 atom stereocenters. The average Bonchev–Trinajstić information content (AvgIpc) is 3.01. The van der Waals surface area contributed by atoms with E-state index in [-0.39, 0.29) is 11.8 Å². The lowest BCUT2D eigenvalue weighted by Crippen LogP contribution is -2.34. The summed E-state index contributed by atoms with van der Waals surface area (Å²) in [6, 6.07) is 8.93. The highest BCUT2D eigenvalue weighted by molar-refractivity contribution is 6.51. The molecule has 0 aromatic heterocycles. The fourth-order valence-electron chi connectivity index (χ4n) is 3.07. The number of halogens is 3. The third-order valence-electron chi connectivity index (χ3n) is 4.65. The molecule has 1 fully saturated rings. The van der Waals surface area contributed by atoms with Crippen molar-refractivity contribution in [1.29, 1.82) is 5.26 Å². The van der Waals surface area contributed by atoms with Crippen LogP contribution in [0, 0.1) is 28.6 Å². The Hall–Kier alpha value is -0.950. The van der Waals surface area contributed by atoms with Gasteiger partial charge in [-0.1, -0.05) is 31.9 Å². The summed E-state index contributed by atoms with van der Waals surface area (Å²) >= 11 is 18.4. The molecule has 0 saturated heterocycles. The van der Waals surface area contributed by atoms with Crippen LogP contribution in [0.4, 0.5) is 5.69 Å². The molecular weight excluding hydrogens is 355 g/mol. The van der Waals surface area contributed by atoms with E-state index in [0.29, 0.717) is 17.1 Å². The zero-order valence-electron chi connectivity index (χ0n) is 13.1. The Balaban J connectivity index is 2.17. The molecule has 1 aromatic carbocycles. The molecule has 0 aliphatic heterocycles. The summed E-state index contributed by atoms with van der Waals surface area (Å²) in [5.74, 6) is -1.31. The fourth-order valence-corrected chi connectivity index (χ4v) is 4.03. The average molecular weight is 374 g/mol. The van der Waals surface area contributed by atoms with Gasteiger partial charge < -0.3 is 5.32 Å². The zero-order valence-corrected chi connectivity index (χ0v) is 15.3. The second-order valence-electron chi connectivity index (χ2n) is 6.30. The summed E-state index contributed by atoms with van der Waals surface area (Å²) in [6.07, 6.45) is 2.18. The van der Waals surface area contributed by atoms with E-state index in [1.807, 2.05) is 13.8 Å². The molecule has 0 radical (unpaired) electrons. The van der Waals surface area contributed by atoms with E-state index >= 15 is 0 Å². The van der Waals surface area contributed by atoms with Gasteiger partial charge in [-0.15, -0.1) is 23.2 Å². The van der Waals surface area contributed by atoms with Gasteiger partial charge in [-0.05, 0) is 43.0 Å². The van der Waals surface area contributed by atoms with Crippen LogP contribution >= 0.6 is 34.8 Å². The van der Waals surface area contributed by atoms with Crippen LogP contribution in [0.3, 0.4) is 0 Å². The van der Waals surface area contributed by atoms with E-state index < -0.39 is 15.7 Å². The van der Waals surface area contributed by atoms with Crippen LogP contribution in [0.15, 0.2) is 24.3 Å². The summed E-state index contributed by atoms with van der Waals surface area (Å²) in [5, 5.41) is 12.9. The fraction of sp³-hybridized carbons (Fsp3) is 0.529. The molecule has 1 aromatic rings. The van der Waals surface area contributed by atoms with E-state index in [1.165, 1.54) is 0 Å². The summed E-state index contributed by atoms with van der Waals surface area (Å²) in [5.41, 5.74) is 0.197. The standard InChI is InChI=1S/C17H19Cl3N2O/c1-3-4-14(16(2)10-17(16,19)20)13(9-21)15(23)22-12-7-5-11(18)6-8-12/h5-8,13-14H,3-4,10H2,1-2H3,(H,22,23). The third kappa shape index (κ3) is 3.76. The largest absolute Gasteiger partial charge is 0.325 e. The minimum absolute atomic E-state index is 0.181. The van der Waals surface area contributed by atoms with Crippen LogP contribution in [-0.2, 0) is 4.79 Å². The first-order chi connectivity index (χ1) is 10.7. The van der Waals surface area contributed by atoms with Crippen LogP contribution in [0.2, 0.25) is 5.02 Å². The Morgan fingerprint density at radius 3 is 2.39 bits per heavy atom. The van der Waals surface area contributed by atoms with Crippen molar-refractivity contribution in [3.8, 4) is 6.07 Å². The molecule has 1 saturated carbocycles. The number of hydrogen-bond acceptors (Lipinski definition) is 2. The predicted octanol–water partition coefficient (Wildman–Crippen LogP) is 5.42. The van der Waals surface area contributed by atoms with Crippen molar-refractivity contribution in [1.82, 2.24) is 0 Å². The molecule has 0 bridgehead atoms. The van der Waals surface area contributed by atoms with Crippen molar-refractivity contribution in [3.05, 3.63) is 29.3 Å². The van der Waals surface area contributed by atoms with Crippen LogP contribution in [0.25, 0.3) is 0 Å². The van der Waals surface area contributed by atoms with E-state index in [2.05, 4.69) is 11.4 Å². The van der Waals surface area contributed by atoms with Crippen molar-refractivity contribution >= 4 is 46.4 Å². The van der Waals surface area contributed by atoms with E-state index in [1.54, 1.807) is 24.3 Å². The number of carbonyl (C=O) groups excluding carboxylic acids is 1. The van der Waals surface area contributed by atoms with Gasteiger partial charge in [-0.2, -0.15) is 5.26 Å². The van der Waals surface area contributed by atoms with Crippen molar-refractivity contribution < 1.29 is 4.79 Å². The Kier molecular flexibility index (Phi) is 5.51. The molecule has 1 N–H and O–H groups in total. The Morgan fingerprint density at radius 1 is 1.39 bits per heavy atom. The summed E-state index contributed by atoms with van der Waals surface area (Å²) < 4.78 is -0.859. The molecule has 3 unspecified atom stereocenters. The minimum Gasteiger partial charge on any atom is -0.325 e. The molecule has 1 amide bonds. The predicted molar refractivity (Wildman–Crippen MR) is 94.7 cm³/mol. The van der Waals surface area contributed by atoms with Gasteiger partial charge in [0.05, 0.1) is 6.07 Å². The molecular formula is C17H19Cl3N2O. The quantitative estimate of drug-likeness (QED) is 0.677. The number of nitrogens with one attached hydrogen (secondary N) is 1. The molecule has 1 aliphatic rings. The highest BCUT2D eigenvalue weighted by Gasteiger charge is 2.67. The number of hydrogen-bond donors (Lipinski definition) is 1. The molecule has 0 spiro atoms. The monoisotopic (exact) mass is 372 g/mol. The normalized spacial score (nSPS) is 24.3. The first kappa shape index (κ1) is 18.4. The van der Waals surface area contributed by atoms with Crippen LogP contribution < -0.4 is 5.32 Å². The number of carbonyl (C=O) groups is 1. The number of alkyl halides is 2. The van der Waals surface area contributed by atoms with E-state index in [9.17, 15) is 10.1 Å². The molecule has 3 nitrogen and oxygen atoms in total. The number of anilines is 1. The number of rotatable bonds is 6. The molecule has 23 heavy (non-hydrogen) atoms. The van der Waals surface area contributed by atoms with Gasteiger partial charge in [0.25, 0.3) is 0 Å². The summed E-state index contributed by atoms with van der Waals surface area (Å²) in [4.78, 5) is 12.6. The highest BCUT2D eigenvalue weighted by atomic mass is 35.5. The highest BCUT2D eigenvalue weighted by Crippen LogP contribution is 2.69. The maximum Gasteiger partial charge on any atom is 0.242 e. The molecule has 2 rings (SSSR count).